The first-order valence-electron chi connectivity index (χ1n) is 2.23. The van der Waals surface area contributed by atoms with Gasteiger partial charge >= 0.3 is 5.91 Å². The number of hydrogen-bond donors (Lipinski definition) is 1. The van der Waals surface area contributed by atoms with Crippen LogP contribution in [0.5, 0.6) is 0 Å². The fourth-order valence-electron chi connectivity index (χ4n) is 0.305. The van der Waals surface area contributed by atoms with Gasteiger partial charge in [0.15, 0.2) is 0 Å². The average molecular weight is 128 g/mol. The Morgan fingerprint density at radius 2 is 2.44 bits per heavy atom. The molecule has 0 fully saturated rings. The third kappa shape index (κ3) is 1.94. The van der Waals surface area contributed by atoms with E-state index in [-0.39, 0.29) is 5.76 Å². The van der Waals surface area contributed by atoms with E-state index < -0.39 is 5.91 Å². The van der Waals surface area contributed by atoms with Crippen molar-refractivity contribution in [2.75, 3.05) is 7.11 Å². The molecule has 0 spiro atoms. The van der Waals surface area contributed by atoms with Crippen molar-refractivity contribution in [1.82, 2.24) is 0 Å². The van der Waals surface area contributed by atoms with E-state index in [4.69, 9.17) is 5.73 Å². The molecule has 4 nitrogen and oxygen atoms in total. The summed E-state index contributed by atoms with van der Waals surface area (Å²) in [6, 6.07) is 0. The van der Waals surface area contributed by atoms with E-state index in [1.165, 1.54) is 7.11 Å². The van der Waals surface area contributed by atoms with E-state index in [2.05, 4.69) is 16.4 Å². The molecule has 0 heterocycles. The van der Waals surface area contributed by atoms with Gasteiger partial charge in [-0.2, -0.15) is 0 Å². The van der Waals surface area contributed by atoms with Crippen LogP contribution in [0.15, 0.2) is 17.0 Å². The minimum Gasteiger partial charge on any atom is -0.490 e. The average Bonchev–Trinajstić information content (AvgIpc) is 1.90. The number of ether oxygens (including phenoxy) is 1. The summed E-state index contributed by atoms with van der Waals surface area (Å²) in [7, 11) is 1.34. The molecule has 9 heavy (non-hydrogen) atoms. The maximum Gasteiger partial charge on any atom is 0.312 e. The zero-order valence-corrected chi connectivity index (χ0v) is 5.13. The van der Waals surface area contributed by atoms with Gasteiger partial charge in [0.05, 0.1) is 7.11 Å². The molecule has 50 valence electrons. The summed E-state index contributed by atoms with van der Waals surface area (Å²) in [6.45, 7) is 3.00. The fraction of sp³-hybridized carbons (Fsp3) is 0.200. The summed E-state index contributed by atoms with van der Waals surface area (Å²) >= 11 is 0. The van der Waals surface area contributed by atoms with Crippen LogP contribution in [-0.2, 0) is 9.53 Å². The Morgan fingerprint density at radius 3 is 2.56 bits per heavy atom. The lowest BCUT2D eigenvalue weighted by Gasteiger charge is -1.96. The van der Waals surface area contributed by atoms with E-state index in [1.54, 1.807) is 0 Å². The van der Waals surface area contributed by atoms with Crippen molar-refractivity contribution >= 4 is 12.6 Å². The zero-order chi connectivity index (χ0) is 7.28. The number of methoxy groups -OCH3 is 1. The third-order valence-corrected chi connectivity index (χ3v) is 0.726. The van der Waals surface area contributed by atoms with Crippen LogP contribution >= 0.6 is 0 Å². The summed E-state index contributed by atoms with van der Waals surface area (Å²) in [5.74, 6) is -0.551. The molecule has 0 aliphatic heterocycles. The maximum absolute atomic E-state index is 10.5. The molecule has 0 rings (SSSR count). The molecule has 0 aromatic rings. The van der Waals surface area contributed by atoms with Crippen LogP contribution in [0.2, 0.25) is 0 Å². The van der Waals surface area contributed by atoms with Crippen LogP contribution < -0.4 is 5.73 Å². The van der Waals surface area contributed by atoms with E-state index in [0.29, 0.717) is 0 Å². The van der Waals surface area contributed by atoms with Gasteiger partial charge in [0.2, 0.25) is 5.76 Å². The Labute approximate surface area is 53.0 Å². The van der Waals surface area contributed by atoms with Gasteiger partial charge in [0.1, 0.15) is 0 Å². The SMILES string of the molecule is C=NC(=O)/C(=C\N)OC. The molecule has 0 aromatic carbocycles. The summed E-state index contributed by atoms with van der Waals surface area (Å²) in [5.41, 5.74) is 4.96. The van der Waals surface area contributed by atoms with Crippen molar-refractivity contribution in [3.63, 3.8) is 0 Å². The first-order chi connectivity index (χ1) is 4.26. The van der Waals surface area contributed by atoms with E-state index in [0.717, 1.165) is 6.20 Å². The van der Waals surface area contributed by atoms with Gasteiger partial charge in [0.25, 0.3) is 0 Å². The summed E-state index contributed by atoms with van der Waals surface area (Å²) in [5, 5.41) is 0. The van der Waals surface area contributed by atoms with Gasteiger partial charge < -0.3 is 10.5 Å². The molecule has 0 unspecified atom stereocenters. The Hall–Kier alpha value is -1.32. The number of amides is 1. The topological polar surface area (TPSA) is 64.7 Å². The van der Waals surface area contributed by atoms with E-state index >= 15 is 0 Å². The molecular formula is C5H8N2O2. The van der Waals surface area contributed by atoms with Crippen molar-refractivity contribution in [3.8, 4) is 0 Å². The summed E-state index contributed by atoms with van der Waals surface area (Å²) in [6.07, 6.45) is 1.04. The number of hydrogen-bond acceptors (Lipinski definition) is 3. The lowest BCUT2D eigenvalue weighted by molar-refractivity contribution is -0.117. The van der Waals surface area contributed by atoms with Crippen LogP contribution in [0.25, 0.3) is 0 Å². The standard InChI is InChI=1S/C5H8N2O2/c1-7-5(8)4(3-6)9-2/h3H,1,6H2,2H3/b4-3+. The lowest BCUT2D eigenvalue weighted by atomic mass is 10.5. The summed E-state index contributed by atoms with van der Waals surface area (Å²) in [4.78, 5) is 13.5. The van der Waals surface area contributed by atoms with Gasteiger partial charge in [-0.15, -0.1) is 0 Å². The monoisotopic (exact) mass is 128 g/mol. The van der Waals surface area contributed by atoms with Crippen molar-refractivity contribution in [2.24, 2.45) is 10.7 Å². The predicted octanol–water partition coefficient (Wildman–Crippen LogP) is -0.340. The molecule has 0 saturated heterocycles. The maximum atomic E-state index is 10.5. The largest absolute Gasteiger partial charge is 0.490 e. The minimum atomic E-state index is -0.556. The number of aliphatic imine (C=N–C) groups is 1. The van der Waals surface area contributed by atoms with Crippen LogP contribution in [0, 0.1) is 0 Å². The quantitative estimate of drug-likeness (QED) is 0.314. The minimum absolute atomic E-state index is 0.00463. The van der Waals surface area contributed by atoms with Crippen LogP contribution in [-0.4, -0.2) is 19.7 Å². The Bertz CT molecular complexity index is 151. The van der Waals surface area contributed by atoms with Gasteiger partial charge in [-0.05, 0) is 6.72 Å². The first kappa shape index (κ1) is 7.68. The Kier molecular flexibility index (Phi) is 3.12. The molecular weight excluding hydrogens is 120 g/mol. The van der Waals surface area contributed by atoms with Gasteiger partial charge in [-0.3, -0.25) is 4.79 Å². The third-order valence-electron chi connectivity index (χ3n) is 0.726. The second-order valence-corrected chi connectivity index (χ2v) is 1.20. The lowest BCUT2D eigenvalue weighted by Crippen LogP contribution is -2.02. The smallest absolute Gasteiger partial charge is 0.312 e. The van der Waals surface area contributed by atoms with Crippen molar-refractivity contribution < 1.29 is 9.53 Å². The van der Waals surface area contributed by atoms with Gasteiger partial charge in [-0.25, -0.2) is 4.99 Å². The number of nitrogens with zero attached hydrogens (tertiary/aromatic N) is 1. The Balaban J connectivity index is 4.13. The summed E-state index contributed by atoms with van der Waals surface area (Å²) < 4.78 is 4.50. The van der Waals surface area contributed by atoms with Crippen LogP contribution in [0.3, 0.4) is 0 Å². The van der Waals surface area contributed by atoms with Gasteiger partial charge in [0, 0.05) is 6.20 Å². The molecule has 0 aromatic heterocycles. The molecule has 4 heteroatoms. The molecule has 0 atom stereocenters. The molecule has 0 saturated carbocycles. The molecule has 0 bridgehead atoms. The van der Waals surface area contributed by atoms with Crippen LogP contribution in [0.4, 0.5) is 0 Å². The molecule has 0 aliphatic rings. The highest BCUT2D eigenvalue weighted by molar-refractivity contribution is 5.94. The predicted molar refractivity (Wildman–Crippen MR) is 33.8 cm³/mol. The highest BCUT2D eigenvalue weighted by atomic mass is 16.5. The number of rotatable bonds is 2. The number of carbonyl (C=O) groups excluding carboxylic acids is 1. The fourth-order valence-corrected chi connectivity index (χ4v) is 0.305. The number of nitrogens with two attached hydrogens (primary N) is 1. The normalized spacial score (nSPS) is 10.6. The highest BCUT2D eigenvalue weighted by Crippen LogP contribution is 1.93. The molecule has 0 aliphatic carbocycles. The van der Waals surface area contributed by atoms with Crippen molar-refractivity contribution in [3.05, 3.63) is 12.0 Å². The van der Waals surface area contributed by atoms with Crippen LogP contribution in [0.1, 0.15) is 0 Å². The second kappa shape index (κ2) is 3.65. The Morgan fingerprint density at radius 1 is 1.89 bits per heavy atom. The molecule has 1 amide bonds. The van der Waals surface area contributed by atoms with Crippen molar-refractivity contribution in [1.29, 1.82) is 0 Å². The van der Waals surface area contributed by atoms with E-state index in [1.807, 2.05) is 0 Å². The highest BCUT2D eigenvalue weighted by Gasteiger charge is 2.03. The molecule has 2 N–H and O–H groups in total. The van der Waals surface area contributed by atoms with E-state index in [9.17, 15) is 4.79 Å². The first-order valence-corrected chi connectivity index (χ1v) is 2.23. The number of carbonyl (C=O) groups is 1. The zero-order valence-electron chi connectivity index (χ0n) is 5.13. The van der Waals surface area contributed by atoms with Gasteiger partial charge in [-0.1, -0.05) is 0 Å². The van der Waals surface area contributed by atoms with Crippen molar-refractivity contribution in [2.45, 2.75) is 0 Å². The molecule has 0 radical (unpaired) electrons. The second-order valence-electron chi connectivity index (χ2n) is 1.20.